The molecule has 82 valence electrons. The molecule has 0 saturated carbocycles. The Bertz CT molecular complexity index is 408. The summed E-state index contributed by atoms with van der Waals surface area (Å²) in [7, 11) is 0. The zero-order valence-corrected chi connectivity index (χ0v) is 10.9. The van der Waals surface area contributed by atoms with Crippen LogP contribution in [0, 0.1) is 11.6 Å². The van der Waals surface area contributed by atoms with E-state index in [9.17, 15) is 13.6 Å². The molecule has 0 amide bonds. The Kier molecular flexibility index (Phi) is 3.48. The molecule has 0 radical (unpaired) electrons. The number of benzene rings is 1. The van der Waals surface area contributed by atoms with Gasteiger partial charge >= 0.3 is 0 Å². The molecule has 0 unspecified atom stereocenters. The van der Waals surface area contributed by atoms with Crippen molar-refractivity contribution < 1.29 is 13.6 Å². The van der Waals surface area contributed by atoms with Crippen LogP contribution in [0.5, 0.6) is 0 Å². The molecule has 1 rings (SSSR count). The molecule has 1 aromatic carbocycles. The van der Waals surface area contributed by atoms with Gasteiger partial charge in [-0.1, -0.05) is 20.8 Å². The van der Waals surface area contributed by atoms with Crippen LogP contribution in [0.4, 0.5) is 8.78 Å². The van der Waals surface area contributed by atoms with E-state index in [1.807, 2.05) is 0 Å². The van der Waals surface area contributed by atoms with Gasteiger partial charge in [-0.05, 0) is 17.5 Å². The predicted octanol–water partition coefficient (Wildman–Crippen LogP) is 3.84. The van der Waals surface area contributed by atoms with Crippen LogP contribution in [0.25, 0.3) is 0 Å². The number of halogens is 3. The summed E-state index contributed by atoms with van der Waals surface area (Å²) in [4.78, 5) is 11.3. The minimum absolute atomic E-state index is 0.141. The fraction of sp³-hybridized carbons (Fsp3) is 0.364. The van der Waals surface area contributed by atoms with Gasteiger partial charge in [0.2, 0.25) is 3.79 Å². The number of carbonyl (C=O) groups excluding carboxylic acids is 1. The second-order valence-electron chi connectivity index (χ2n) is 4.31. The van der Waals surface area contributed by atoms with Gasteiger partial charge in [0.1, 0.15) is 0 Å². The van der Waals surface area contributed by atoms with Gasteiger partial charge in [-0.3, -0.25) is 4.79 Å². The average molecular weight is 324 g/mol. The summed E-state index contributed by atoms with van der Waals surface area (Å²) in [5.74, 6) is -1.84. The highest BCUT2D eigenvalue weighted by atomic mass is 127. The maximum Gasteiger partial charge on any atom is 0.222 e. The maximum atomic E-state index is 13.6. The largest absolute Gasteiger partial charge is 0.282 e. The van der Waals surface area contributed by atoms with Crippen molar-refractivity contribution >= 4 is 26.4 Å². The third-order valence-electron chi connectivity index (χ3n) is 2.06. The van der Waals surface area contributed by atoms with Crippen molar-refractivity contribution in [2.45, 2.75) is 26.2 Å². The second kappa shape index (κ2) is 4.15. The molecule has 4 heteroatoms. The van der Waals surface area contributed by atoms with Gasteiger partial charge < -0.3 is 0 Å². The molecule has 0 aliphatic carbocycles. The van der Waals surface area contributed by atoms with Gasteiger partial charge in [-0.15, -0.1) is 0 Å². The summed E-state index contributed by atoms with van der Waals surface area (Å²) >= 11 is 1.57. The van der Waals surface area contributed by atoms with Gasteiger partial charge in [0, 0.05) is 33.7 Å². The third-order valence-corrected chi connectivity index (χ3v) is 2.64. The lowest BCUT2D eigenvalue weighted by Crippen LogP contribution is -2.18. The minimum Gasteiger partial charge on any atom is -0.282 e. The van der Waals surface area contributed by atoms with E-state index < -0.39 is 17.0 Å². The molecule has 0 aliphatic heterocycles. The van der Waals surface area contributed by atoms with Crippen LogP contribution in [0.3, 0.4) is 0 Å². The standard InChI is InChI=1S/C11H11F2IO/c1-11(2,3)8-6(10(14)15)4-5-7(12)9(8)13/h4-5H,1-3H3. The van der Waals surface area contributed by atoms with Gasteiger partial charge in [0.05, 0.1) is 0 Å². The smallest absolute Gasteiger partial charge is 0.222 e. The summed E-state index contributed by atoms with van der Waals surface area (Å²) in [6.07, 6.45) is 0. The Hall–Kier alpha value is -0.520. The molecule has 0 atom stereocenters. The molecule has 0 heterocycles. The monoisotopic (exact) mass is 324 g/mol. The third kappa shape index (κ3) is 2.53. The van der Waals surface area contributed by atoms with Crippen LogP contribution in [0.2, 0.25) is 0 Å². The molecule has 0 fully saturated rings. The lowest BCUT2D eigenvalue weighted by Gasteiger charge is -2.22. The summed E-state index contributed by atoms with van der Waals surface area (Å²) in [6, 6.07) is 2.31. The van der Waals surface area contributed by atoms with Crippen molar-refractivity contribution in [1.29, 1.82) is 0 Å². The molecule has 0 spiro atoms. The average Bonchev–Trinajstić information content (AvgIpc) is 2.06. The topological polar surface area (TPSA) is 17.1 Å². The fourth-order valence-electron chi connectivity index (χ4n) is 1.45. The van der Waals surface area contributed by atoms with Crippen molar-refractivity contribution in [3.63, 3.8) is 0 Å². The van der Waals surface area contributed by atoms with Crippen molar-refractivity contribution in [2.24, 2.45) is 0 Å². The van der Waals surface area contributed by atoms with Crippen molar-refractivity contribution in [1.82, 2.24) is 0 Å². The van der Waals surface area contributed by atoms with Crippen molar-refractivity contribution in [3.8, 4) is 0 Å². The van der Waals surface area contributed by atoms with E-state index in [-0.39, 0.29) is 14.9 Å². The molecule has 0 aromatic heterocycles. The molecule has 15 heavy (non-hydrogen) atoms. The van der Waals surface area contributed by atoms with E-state index in [1.54, 1.807) is 43.4 Å². The van der Waals surface area contributed by atoms with Gasteiger partial charge in [-0.25, -0.2) is 8.78 Å². The maximum absolute atomic E-state index is 13.6. The van der Waals surface area contributed by atoms with Crippen molar-refractivity contribution in [3.05, 3.63) is 34.9 Å². The van der Waals surface area contributed by atoms with E-state index in [2.05, 4.69) is 0 Å². The SMILES string of the molecule is CC(C)(C)c1c(C(=O)I)ccc(F)c1F. The van der Waals surface area contributed by atoms with E-state index in [1.165, 1.54) is 6.07 Å². The molecule has 0 saturated heterocycles. The van der Waals surface area contributed by atoms with Crippen LogP contribution in [-0.2, 0) is 5.41 Å². The number of rotatable bonds is 1. The highest BCUT2D eigenvalue weighted by Gasteiger charge is 2.26. The summed E-state index contributed by atoms with van der Waals surface area (Å²) in [6.45, 7) is 5.23. The molecule has 1 nitrogen and oxygen atoms in total. The van der Waals surface area contributed by atoms with Crippen LogP contribution in [0.15, 0.2) is 12.1 Å². The van der Waals surface area contributed by atoms with Crippen molar-refractivity contribution in [2.75, 3.05) is 0 Å². The summed E-state index contributed by atoms with van der Waals surface area (Å²) in [5.41, 5.74) is -0.216. The molecule has 1 aromatic rings. The van der Waals surface area contributed by atoms with Gasteiger partial charge in [0.25, 0.3) is 0 Å². The highest BCUT2D eigenvalue weighted by Crippen LogP contribution is 2.31. The van der Waals surface area contributed by atoms with Crippen LogP contribution >= 0.6 is 22.6 Å². The number of hydrogen-bond donors (Lipinski definition) is 0. The first-order valence-electron chi connectivity index (χ1n) is 4.43. The molecular weight excluding hydrogens is 313 g/mol. The lowest BCUT2D eigenvalue weighted by atomic mass is 9.83. The van der Waals surface area contributed by atoms with Gasteiger partial charge in [-0.2, -0.15) is 0 Å². The fourth-order valence-corrected chi connectivity index (χ4v) is 1.90. The normalized spacial score (nSPS) is 11.6. The lowest BCUT2D eigenvalue weighted by molar-refractivity contribution is 0.110. The molecule has 0 bridgehead atoms. The van der Waals surface area contributed by atoms with E-state index >= 15 is 0 Å². The molecule has 0 aliphatic rings. The van der Waals surface area contributed by atoms with E-state index in [0.29, 0.717) is 0 Å². The summed E-state index contributed by atoms with van der Waals surface area (Å²) in [5, 5.41) is 0. The Balaban J connectivity index is 3.57. The van der Waals surface area contributed by atoms with Crippen LogP contribution in [0.1, 0.15) is 36.7 Å². The first kappa shape index (κ1) is 12.5. The van der Waals surface area contributed by atoms with E-state index in [4.69, 9.17) is 0 Å². The van der Waals surface area contributed by atoms with Crippen LogP contribution < -0.4 is 0 Å². The first-order valence-corrected chi connectivity index (χ1v) is 5.51. The predicted molar refractivity (Wildman–Crippen MR) is 63.4 cm³/mol. The Morgan fingerprint density at radius 1 is 1.27 bits per heavy atom. The Morgan fingerprint density at radius 2 is 1.80 bits per heavy atom. The number of carbonyl (C=O) groups is 1. The molecule has 0 N–H and O–H groups in total. The summed E-state index contributed by atoms with van der Waals surface area (Å²) < 4.78 is 26.4. The molecular formula is C11H11F2IO. The number of hydrogen-bond acceptors (Lipinski definition) is 1. The quantitative estimate of drug-likeness (QED) is 0.567. The van der Waals surface area contributed by atoms with Crippen LogP contribution in [-0.4, -0.2) is 3.79 Å². The zero-order valence-electron chi connectivity index (χ0n) is 8.70. The zero-order chi connectivity index (χ0) is 11.8. The minimum atomic E-state index is -0.926. The Morgan fingerprint density at radius 3 is 2.20 bits per heavy atom. The van der Waals surface area contributed by atoms with Gasteiger partial charge in [0.15, 0.2) is 11.6 Å². The Labute approximate surface area is 101 Å². The first-order chi connectivity index (χ1) is 6.75. The van der Waals surface area contributed by atoms with E-state index in [0.717, 1.165) is 6.07 Å². The highest BCUT2D eigenvalue weighted by molar-refractivity contribution is 14.1. The second-order valence-corrected chi connectivity index (χ2v) is 5.29.